The molecule has 1 aromatic carbocycles. The maximum Gasteiger partial charge on any atom is 0.212 e. The smallest absolute Gasteiger partial charge is 0.212 e. The first kappa shape index (κ1) is 21.8. The van der Waals surface area contributed by atoms with Gasteiger partial charge in [-0.2, -0.15) is 0 Å². The molecule has 0 aliphatic carbocycles. The van der Waals surface area contributed by atoms with Crippen LogP contribution < -0.4 is 16.0 Å². The molecule has 4 heterocycles. The van der Waals surface area contributed by atoms with Crippen LogP contribution in [0.2, 0.25) is 5.02 Å². The van der Waals surface area contributed by atoms with Gasteiger partial charge >= 0.3 is 0 Å². The van der Waals surface area contributed by atoms with E-state index in [-0.39, 0.29) is 23.7 Å². The SMILES string of the molecule is CC1NC(c2ccc(Cl)cc2)C1(N[C@@]1(C(=O)c2nccs2)CCNC1)C(=O)c1cncs1. The number of nitrogens with one attached hydrogen (secondary N) is 3. The number of ketones is 2. The van der Waals surface area contributed by atoms with E-state index in [2.05, 4.69) is 25.9 Å². The number of carbonyl (C=O) groups is 2. The summed E-state index contributed by atoms with van der Waals surface area (Å²) in [5.74, 6) is -0.146. The van der Waals surface area contributed by atoms with Gasteiger partial charge < -0.3 is 10.6 Å². The van der Waals surface area contributed by atoms with E-state index in [1.54, 1.807) is 23.3 Å². The van der Waals surface area contributed by atoms with Crippen LogP contribution in [0.25, 0.3) is 0 Å². The molecule has 0 bridgehead atoms. The van der Waals surface area contributed by atoms with E-state index in [0.29, 0.717) is 34.4 Å². The Morgan fingerprint density at radius 3 is 2.62 bits per heavy atom. The van der Waals surface area contributed by atoms with Crippen molar-refractivity contribution >= 4 is 45.8 Å². The van der Waals surface area contributed by atoms with Gasteiger partial charge in [0.05, 0.1) is 22.0 Å². The van der Waals surface area contributed by atoms with E-state index in [1.807, 2.05) is 31.2 Å². The summed E-state index contributed by atoms with van der Waals surface area (Å²) in [5, 5.41) is 13.3. The van der Waals surface area contributed by atoms with Crippen LogP contribution in [0.4, 0.5) is 0 Å². The van der Waals surface area contributed by atoms with Crippen molar-refractivity contribution in [3.63, 3.8) is 0 Å². The molecule has 0 radical (unpaired) electrons. The highest BCUT2D eigenvalue weighted by molar-refractivity contribution is 7.12. The highest BCUT2D eigenvalue weighted by atomic mass is 35.5. The van der Waals surface area contributed by atoms with Crippen molar-refractivity contribution in [2.24, 2.45) is 0 Å². The van der Waals surface area contributed by atoms with E-state index < -0.39 is 11.1 Å². The molecule has 2 aliphatic heterocycles. The van der Waals surface area contributed by atoms with Gasteiger partial charge in [-0.25, -0.2) is 4.98 Å². The van der Waals surface area contributed by atoms with E-state index >= 15 is 0 Å². The number of hydrogen-bond acceptors (Lipinski definition) is 9. The van der Waals surface area contributed by atoms with Gasteiger partial charge in [-0.05, 0) is 37.6 Å². The van der Waals surface area contributed by atoms with Crippen LogP contribution in [0.15, 0.2) is 47.5 Å². The van der Waals surface area contributed by atoms with Crippen molar-refractivity contribution in [1.82, 2.24) is 25.9 Å². The molecule has 2 fully saturated rings. The molecular weight excluding hydrogens is 466 g/mol. The normalized spacial score (nSPS) is 29.6. The molecule has 2 aliphatic rings. The standard InChI is InChI=1S/C22H22ClN5O2S2/c1-13-22(18(29)16-10-25-12-32-16,17(27-13)14-2-4-15(23)5-3-14)28-21(6-7-24-11-21)19(30)20-26-8-9-31-20/h2-5,8-10,12-13,17,24,27-28H,6-7,11H2,1H3/t13?,17?,21-,22?/m0/s1. The number of thiazole rings is 2. The summed E-state index contributed by atoms with van der Waals surface area (Å²) in [6.45, 7) is 3.09. The van der Waals surface area contributed by atoms with Crippen LogP contribution in [-0.4, -0.2) is 51.7 Å². The van der Waals surface area contributed by atoms with Crippen molar-refractivity contribution in [2.75, 3.05) is 13.1 Å². The van der Waals surface area contributed by atoms with Gasteiger partial charge in [0.15, 0.2) is 10.8 Å². The van der Waals surface area contributed by atoms with Crippen LogP contribution in [0.3, 0.4) is 0 Å². The Balaban J connectivity index is 1.60. The lowest BCUT2D eigenvalue weighted by atomic mass is 9.67. The van der Waals surface area contributed by atoms with Gasteiger partial charge in [-0.15, -0.1) is 22.7 Å². The molecule has 3 unspecified atom stereocenters. The summed E-state index contributed by atoms with van der Waals surface area (Å²) in [7, 11) is 0. The third kappa shape index (κ3) is 3.44. The minimum atomic E-state index is -1.03. The lowest BCUT2D eigenvalue weighted by Gasteiger charge is -2.57. The molecule has 0 saturated carbocycles. The van der Waals surface area contributed by atoms with Gasteiger partial charge in [0.2, 0.25) is 5.78 Å². The van der Waals surface area contributed by atoms with Crippen LogP contribution in [0.5, 0.6) is 0 Å². The maximum atomic E-state index is 14.0. The van der Waals surface area contributed by atoms with Crippen molar-refractivity contribution in [2.45, 2.75) is 36.5 Å². The molecule has 32 heavy (non-hydrogen) atoms. The fourth-order valence-corrected chi connectivity index (χ4v) is 6.20. The average Bonchev–Trinajstić information content (AvgIpc) is 3.58. The number of aromatic nitrogens is 2. The number of hydrogen-bond donors (Lipinski definition) is 3. The van der Waals surface area contributed by atoms with Crippen LogP contribution in [0, 0.1) is 0 Å². The van der Waals surface area contributed by atoms with Gasteiger partial charge in [0.1, 0.15) is 5.54 Å². The minimum Gasteiger partial charge on any atom is -0.314 e. The first-order chi connectivity index (χ1) is 15.5. The third-order valence-electron chi connectivity index (χ3n) is 6.45. The van der Waals surface area contributed by atoms with Crippen molar-refractivity contribution in [1.29, 1.82) is 0 Å². The number of Topliss-reactive ketones (excluding diaryl/α,β-unsaturated/α-hetero) is 2. The summed E-state index contributed by atoms with van der Waals surface area (Å²) in [5.41, 5.74) is 0.627. The zero-order valence-corrected chi connectivity index (χ0v) is 19.7. The number of carbonyl (C=O) groups excluding carboxylic acids is 2. The predicted octanol–water partition coefficient (Wildman–Crippen LogP) is 3.11. The van der Waals surface area contributed by atoms with Crippen molar-refractivity contribution < 1.29 is 9.59 Å². The van der Waals surface area contributed by atoms with Gasteiger partial charge in [0.25, 0.3) is 0 Å². The summed E-state index contributed by atoms with van der Waals surface area (Å²) >= 11 is 8.74. The quantitative estimate of drug-likeness (QED) is 0.440. The fraction of sp³-hybridized carbons (Fsp3) is 0.364. The summed E-state index contributed by atoms with van der Waals surface area (Å²) in [6, 6.07) is 6.94. The third-order valence-corrected chi connectivity index (χ3v) is 8.25. The second-order valence-electron chi connectivity index (χ2n) is 8.24. The molecule has 166 valence electrons. The first-order valence-electron chi connectivity index (χ1n) is 10.4. The van der Waals surface area contributed by atoms with E-state index in [9.17, 15) is 9.59 Å². The van der Waals surface area contributed by atoms with Gasteiger partial charge in [-0.3, -0.25) is 19.9 Å². The number of benzene rings is 1. The van der Waals surface area contributed by atoms with E-state index in [4.69, 9.17) is 11.6 Å². The Bertz CT molecular complexity index is 1110. The molecule has 0 amide bonds. The Kier molecular flexibility index (Phi) is 5.73. The second kappa shape index (κ2) is 8.40. The molecule has 3 N–H and O–H groups in total. The summed E-state index contributed by atoms with van der Waals surface area (Å²) in [4.78, 5) is 36.6. The Morgan fingerprint density at radius 2 is 2.03 bits per heavy atom. The molecule has 3 aromatic rings. The summed E-state index contributed by atoms with van der Waals surface area (Å²) in [6.07, 6.45) is 3.81. The Labute approximate surface area is 198 Å². The predicted molar refractivity (Wildman–Crippen MR) is 126 cm³/mol. The van der Waals surface area contributed by atoms with E-state index in [1.165, 1.54) is 22.7 Å². The average molecular weight is 488 g/mol. The molecule has 0 spiro atoms. The van der Waals surface area contributed by atoms with Crippen molar-refractivity contribution in [3.05, 3.63) is 68.0 Å². The van der Waals surface area contributed by atoms with Crippen LogP contribution in [-0.2, 0) is 0 Å². The molecular formula is C22H22ClN5O2S2. The zero-order chi connectivity index (χ0) is 22.3. The Hall–Kier alpha value is -2.01. The number of nitrogens with zero attached hydrogens (tertiary/aromatic N) is 2. The van der Waals surface area contributed by atoms with Crippen LogP contribution in [0.1, 0.15) is 44.4 Å². The number of rotatable bonds is 7. The first-order valence-corrected chi connectivity index (χ1v) is 12.5. The van der Waals surface area contributed by atoms with Gasteiger partial charge in [-0.1, -0.05) is 23.7 Å². The molecule has 2 aromatic heterocycles. The largest absolute Gasteiger partial charge is 0.314 e. The zero-order valence-electron chi connectivity index (χ0n) is 17.3. The molecule has 4 atom stereocenters. The topological polar surface area (TPSA) is 96.0 Å². The maximum absolute atomic E-state index is 14.0. The molecule has 7 nitrogen and oxygen atoms in total. The lowest BCUT2D eigenvalue weighted by Crippen LogP contribution is -2.82. The van der Waals surface area contributed by atoms with Gasteiger partial charge in [0, 0.05) is 35.4 Å². The molecule has 10 heteroatoms. The van der Waals surface area contributed by atoms with Crippen LogP contribution >= 0.6 is 34.3 Å². The van der Waals surface area contributed by atoms with Crippen molar-refractivity contribution in [3.8, 4) is 0 Å². The Morgan fingerprint density at radius 1 is 1.22 bits per heavy atom. The molecule has 2 saturated heterocycles. The minimum absolute atomic E-state index is 0.0654. The highest BCUT2D eigenvalue weighted by Gasteiger charge is 2.63. The summed E-state index contributed by atoms with van der Waals surface area (Å²) < 4.78 is 0. The highest BCUT2D eigenvalue weighted by Crippen LogP contribution is 2.44. The van der Waals surface area contributed by atoms with E-state index in [0.717, 1.165) is 5.56 Å². The fourth-order valence-electron chi connectivity index (χ4n) is 4.76. The lowest BCUT2D eigenvalue weighted by molar-refractivity contribution is 0.0299. The second-order valence-corrected chi connectivity index (χ2v) is 10.5. The molecule has 5 rings (SSSR count). The monoisotopic (exact) mass is 487 g/mol. The number of halogens is 1.